The summed E-state index contributed by atoms with van der Waals surface area (Å²) < 4.78 is 0. The number of thiol groups is 1. The van der Waals surface area contributed by atoms with E-state index in [0.29, 0.717) is 0 Å². The molecule has 0 saturated carbocycles. The van der Waals surface area contributed by atoms with Crippen molar-refractivity contribution >= 4 is 19.7 Å². The minimum Gasteiger partial charge on any atom is -0.423 e. The fraction of sp³-hybridized carbons (Fsp3) is 0.200. The van der Waals surface area contributed by atoms with Crippen molar-refractivity contribution in [3.8, 4) is 0 Å². The molecule has 0 aliphatic carbocycles. The van der Waals surface area contributed by atoms with E-state index >= 15 is 0 Å². The van der Waals surface area contributed by atoms with Crippen LogP contribution in [0, 0.1) is 0 Å². The summed E-state index contributed by atoms with van der Waals surface area (Å²) in [4.78, 5) is 0.244. The summed E-state index contributed by atoms with van der Waals surface area (Å²) in [5.41, 5.74) is 0. The van der Waals surface area contributed by atoms with E-state index in [1.54, 1.807) is 12.2 Å². The molecule has 0 atom stereocenters. The van der Waals surface area contributed by atoms with E-state index < -0.39 is 7.12 Å². The van der Waals surface area contributed by atoms with Crippen LogP contribution in [0.5, 0.6) is 0 Å². The van der Waals surface area contributed by atoms with Crippen molar-refractivity contribution in [2.24, 2.45) is 0 Å². The van der Waals surface area contributed by atoms with E-state index in [9.17, 15) is 0 Å². The van der Waals surface area contributed by atoms with Crippen LogP contribution >= 0.6 is 12.6 Å². The maximum Gasteiger partial charge on any atom is 0.494 e. The van der Waals surface area contributed by atoms with Crippen LogP contribution in [-0.2, 0) is 0 Å². The first-order chi connectivity index (χ1) is 4.18. The summed E-state index contributed by atoms with van der Waals surface area (Å²) in [7, 11) is -1.45. The molecule has 0 amide bonds. The molecule has 0 fully saturated rings. The summed E-state index contributed by atoms with van der Waals surface area (Å²) in [5.74, 6) is 0. The second-order valence-corrected chi connectivity index (χ2v) is 2.01. The smallest absolute Gasteiger partial charge is 0.423 e. The molecular weight excluding hydrogens is 135 g/mol. The molecule has 0 unspecified atom stereocenters. The molecule has 2 nitrogen and oxygen atoms in total. The third kappa shape index (κ3) is 4.33. The Hall–Kier alpha value is -0.185. The Labute approximate surface area is 60.5 Å². The Morgan fingerprint density at radius 1 is 1.56 bits per heavy atom. The monoisotopic (exact) mass is 144 g/mol. The second kappa shape index (κ2) is 4.67. The van der Waals surface area contributed by atoms with Gasteiger partial charge in [-0.15, -0.1) is 0 Å². The molecule has 0 aromatic rings. The van der Waals surface area contributed by atoms with Crippen molar-refractivity contribution in [2.75, 3.05) is 0 Å². The topological polar surface area (TPSA) is 40.5 Å². The molecule has 0 heterocycles. The first-order valence-corrected chi connectivity index (χ1v) is 3.01. The summed E-state index contributed by atoms with van der Waals surface area (Å²) in [5, 5.41) is 16.8. The molecule has 0 aromatic carbocycles. The Morgan fingerprint density at radius 2 is 2.11 bits per heavy atom. The standard InChI is InChI=1S/C5H9BO2S/c1-2-3-4-5(9)6(7)8/h2-4,7-9H,1H3/b3-2-,5-4-. The molecule has 0 aromatic heterocycles. The van der Waals surface area contributed by atoms with Crippen LogP contribution < -0.4 is 0 Å². The fourth-order valence-corrected chi connectivity index (χ4v) is 0.367. The lowest BCUT2D eigenvalue weighted by atomic mass is 9.91. The first kappa shape index (κ1) is 8.81. The van der Waals surface area contributed by atoms with Gasteiger partial charge < -0.3 is 10.0 Å². The summed E-state index contributed by atoms with van der Waals surface area (Å²) in [6, 6.07) is 0. The van der Waals surface area contributed by atoms with Gasteiger partial charge in [0.15, 0.2) is 0 Å². The van der Waals surface area contributed by atoms with Gasteiger partial charge in [-0.25, -0.2) is 0 Å². The molecule has 4 heteroatoms. The zero-order chi connectivity index (χ0) is 7.28. The Morgan fingerprint density at radius 3 is 2.44 bits per heavy atom. The molecule has 50 valence electrons. The highest BCUT2D eigenvalue weighted by molar-refractivity contribution is 7.86. The maximum atomic E-state index is 8.42. The van der Waals surface area contributed by atoms with E-state index in [-0.39, 0.29) is 4.80 Å². The molecular formula is C5H9BO2S. The average molecular weight is 144 g/mol. The van der Waals surface area contributed by atoms with Gasteiger partial charge in [0, 0.05) is 4.80 Å². The Bertz CT molecular complexity index is 131. The average Bonchev–Trinajstić information content (AvgIpc) is 1.82. The zero-order valence-corrected chi connectivity index (χ0v) is 6.05. The quantitative estimate of drug-likeness (QED) is 0.298. The zero-order valence-electron chi connectivity index (χ0n) is 5.15. The van der Waals surface area contributed by atoms with E-state index in [0.717, 1.165) is 0 Å². The van der Waals surface area contributed by atoms with Crippen LogP contribution in [0.1, 0.15) is 6.92 Å². The fourth-order valence-electron chi connectivity index (χ4n) is 0.281. The van der Waals surface area contributed by atoms with Gasteiger partial charge >= 0.3 is 7.12 Å². The van der Waals surface area contributed by atoms with Gasteiger partial charge in [-0.1, -0.05) is 18.2 Å². The Kier molecular flexibility index (Phi) is 4.57. The molecule has 0 bridgehead atoms. The highest BCUT2D eigenvalue weighted by atomic mass is 32.1. The second-order valence-electron chi connectivity index (χ2n) is 1.49. The predicted molar refractivity (Wildman–Crippen MR) is 42.1 cm³/mol. The lowest BCUT2D eigenvalue weighted by molar-refractivity contribution is 0.423. The van der Waals surface area contributed by atoms with Crippen LogP contribution in [0.15, 0.2) is 23.0 Å². The minimum atomic E-state index is -1.45. The van der Waals surface area contributed by atoms with Crippen LogP contribution in [0.3, 0.4) is 0 Å². The number of hydrogen-bond donors (Lipinski definition) is 3. The maximum absolute atomic E-state index is 8.42. The normalized spacial score (nSPS) is 12.7. The summed E-state index contributed by atoms with van der Waals surface area (Å²) >= 11 is 3.77. The highest BCUT2D eigenvalue weighted by Gasteiger charge is 2.07. The van der Waals surface area contributed by atoms with E-state index in [1.807, 2.05) is 6.92 Å². The van der Waals surface area contributed by atoms with E-state index in [2.05, 4.69) is 12.6 Å². The van der Waals surface area contributed by atoms with E-state index in [1.165, 1.54) is 6.08 Å². The number of allylic oxidation sites excluding steroid dienone is 3. The Balaban J connectivity index is 3.84. The largest absolute Gasteiger partial charge is 0.494 e. The van der Waals surface area contributed by atoms with Crippen molar-refractivity contribution in [3.05, 3.63) is 23.0 Å². The van der Waals surface area contributed by atoms with Crippen LogP contribution in [-0.4, -0.2) is 17.2 Å². The van der Waals surface area contributed by atoms with Crippen LogP contribution in [0.2, 0.25) is 0 Å². The van der Waals surface area contributed by atoms with Gasteiger partial charge in [0.25, 0.3) is 0 Å². The van der Waals surface area contributed by atoms with Gasteiger partial charge in [-0.05, 0) is 6.92 Å². The molecule has 0 aliphatic rings. The lowest BCUT2D eigenvalue weighted by Crippen LogP contribution is -2.10. The number of rotatable bonds is 2. The van der Waals surface area contributed by atoms with Crippen molar-refractivity contribution in [3.63, 3.8) is 0 Å². The molecule has 0 spiro atoms. The molecule has 2 N–H and O–H groups in total. The molecule has 0 radical (unpaired) electrons. The SMILES string of the molecule is C/C=C\C=C(/S)B(O)O. The predicted octanol–water partition coefficient (Wildman–Crippen LogP) is 0.388. The lowest BCUT2D eigenvalue weighted by Gasteiger charge is -1.91. The highest BCUT2D eigenvalue weighted by Crippen LogP contribution is 2.00. The molecule has 0 rings (SSSR count). The molecule has 0 aliphatic heterocycles. The van der Waals surface area contributed by atoms with Gasteiger partial charge in [-0.2, -0.15) is 12.6 Å². The molecule has 0 saturated heterocycles. The first-order valence-electron chi connectivity index (χ1n) is 2.56. The number of hydrogen-bond acceptors (Lipinski definition) is 3. The van der Waals surface area contributed by atoms with Gasteiger partial charge in [-0.3, -0.25) is 0 Å². The summed E-state index contributed by atoms with van der Waals surface area (Å²) in [6.45, 7) is 1.83. The van der Waals surface area contributed by atoms with Crippen molar-refractivity contribution in [2.45, 2.75) is 6.92 Å². The van der Waals surface area contributed by atoms with Crippen LogP contribution in [0.4, 0.5) is 0 Å². The van der Waals surface area contributed by atoms with Gasteiger partial charge in [0.2, 0.25) is 0 Å². The summed E-state index contributed by atoms with van der Waals surface area (Å²) in [6.07, 6.45) is 4.98. The molecule has 9 heavy (non-hydrogen) atoms. The van der Waals surface area contributed by atoms with Crippen molar-refractivity contribution in [1.29, 1.82) is 0 Å². The third-order valence-electron chi connectivity index (χ3n) is 0.724. The third-order valence-corrected chi connectivity index (χ3v) is 1.10. The van der Waals surface area contributed by atoms with Gasteiger partial charge in [0.1, 0.15) is 0 Å². The minimum absolute atomic E-state index is 0.244. The van der Waals surface area contributed by atoms with Gasteiger partial charge in [0.05, 0.1) is 0 Å². The van der Waals surface area contributed by atoms with E-state index in [4.69, 9.17) is 10.0 Å². The van der Waals surface area contributed by atoms with Crippen molar-refractivity contribution in [1.82, 2.24) is 0 Å². The van der Waals surface area contributed by atoms with Crippen LogP contribution in [0.25, 0.3) is 0 Å². The van der Waals surface area contributed by atoms with Crippen molar-refractivity contribution < 1.29 is 10.0 Å².